The highest BCUT2D eigenvalue weighted by atomic mass is 79.9. The van der Waals surface area contributed by atoms with Crippen molar-refractivity contribution in [1.82, 2.24) is 14.8 Å². The Morgan fingerprint density at radius 1 is 1.07 bits per heavy atom. The first kappa shape index (κ1) is 19.9. The largest absolute Gasteiger partial charge is 0.301 e. The SMILES string of the molecule is C=CCn1c(CS(=O)(=O)c2ccccc2)nnc1SCc1ccc(Br)cc1. The fourth-order valence-corrected chi connectivity index (χ4v) is 4.93. The highest BCUT2D eigenvalue weighted by Gasteiger charge is 2.21. The third-order valence-electron chi connectivity index (χ3n) is 3.81. The zero-order valence-corrected chi connectivity index (χ0v) is 17.7. The first-order valence-electron chi connectivity index (χ1n) is 8.17. The Hall–Kier alpha value is -1.90. The number of aromatic nitrogens is 3. The smallest absolute Gasteiger partial charge is 0.191 e. The molecule has 0 radical (unpaired) electrons. The molecule has 5 nitrogen and oxygen atoms in total. The molecule has 0 saturated carbocycles. The van der Waals surface area contributed by atoms with E-state index in [0.717, 1.165) is 10.0 Å². The van der Waals surface area contributed by atoms with Crippen molar-refractivity contribution in [3.8, 4) is 0 Å². The second kappa shape index (κ2) is 8.86. The van der Waals surface area contributed by atoms with E-state index in [1.165, 1.54) is 11.8 Å². The minimum atomic E-state index is -3.48. The van der Waals surface area contributed by atoms with Gasteiger partial charge in [-0.05, 0) is 29.8 Å². The van der Waals surface area contributed by atoms with Crippen LogP contribution in [0, 0.1) is 0 Å². The molecule has 0 atom stereocenters. The van der Waals surface area contributed by atoms with Crippen molar-refractivity contribution in [2.75, 3.05) is 0 Å². The van der Waals surface area contributed by atoms with E-state index in [2.05, 4.69) is 32.7 Å². The summed E-state index contributed by atoms with van der Waals surface area (Å²) < 4.78 is 28.2. The molecule has 1 heterocycles. The molecule has 140 valence electrons. The lowest BCUT2D eigenvalue weighted by Crippen LogP contribution is -2.11. The summed E-state index contributed by atoms with van der Waals surface area (Å²) in [6.45, 7) is 4.21. The van der Waals surface area contributed by atoms with Crippen LogP contribution in [0.5, 0.6) is 0 Å². The van der Waals surface area contributed by atoms with Crippen LogP contribution in [-0.4, -0.2) is 23.2 Å². The van der Waals surface area contributed by atoms with Gasteiger partial charge >= 0.3 is 0 Å². The Morgan fingerprint density at radius 2 is 1.78 bits per heavy atom. The summed E-state index contributed by atoms with van der Waals surface area (Å²) >= 11 is 4.94. The Labute approximate surface area is 171 Å². The molecule has 3 aromatic rings. The molecule has 1 aromatic heterocycles. The van der Waals surface area contributed by atoms with Crippen LogP contribution in [0.4, 0.5) is 0 Å². The summed E-state index contributed by atoms with van der Waals surface area (Å²) in [5.74, 6) is 0.932. The third kappa shape index (κ3) is 5.09. The first-order chi connectivity index (χ1) is 13.0. The molecule has 0 saturated heterocycles. The Balaban J connectivity index is 1.80. The second-order valence-corrected chi connectivity index (χ2v) is 9.63. The predicted molar refractivity (Wildman–Crippen MR) is 111 cm³/mol. The number of nitrogens with zero attached hydrogens (tertiary/aromatic N) is 3. The molecule has 0 aliphatic carbocycles. The van der Waals surface area contributed by atoms with Crippen molar-refractivity contribution in [2.45, 2.75) is 28.1 Å². The molecule has 0 unspecified atom stereocenters. The van der Waals surface area contributed by atoms with Gasteiger partial charge in [-0.3, -0.25) is 0 Å². The van der Waals surface area contributed by atoms with Crippen LogP contribution in [0.15, 0.2) is 81.8 Å². The van der Waals surface area contributed by atoms with Gasteiger partial charge in [-0.15, -0.1) is 16.8 Å². The van der Waals surface area contributed by atoms with Gasteiger partial charge < -0.3 is 4.57 Å². The van der Waals surface area contributed by atoms with Gasteiger partial charge in [0.05, 0.1) is 4.90 Å². The second-order valence-electron chi connectivity index (χ2n) is 5.79. The van der Waals surface area contributed by atoms with Crippen molar-refractivity contribution in [2.24, 2.45) is 0 Å². The molecule has 0 fully saturated rings. The average molecular weight is 464 g/mol. The lowest BCUT2D eigenvalue weighted by Gasteiger charge is -2.08. The lowest BCUT2D eigenvalue weighted by molar-refractivity contribution is 0.590. The first-order valence-corrected chi connectivity index (χ1v) is 11.6. The van der Waals surface area contributed by atoms with Crippen LogP contribution in [0.3, 0.4) is 0 Å². The van der Waals surface area contributed by atoms with Crippen molar-refractivity contribution in [3.63, 3.8) is 0 Å². The molecule has 3 rings (SSSR count). The highest BCUT2D eigenvalue weighted by molar-refractivity contribution is 9.10. The zero-order valence-electron chi connectivity index (χ0n) is 14.5. The molecule has 8 heteroatoms. The van der Waals surface area contributed by atoms with Crippen molar-refractivity contribution in [1.29, 1.82) is 0 Å². The van der Waals surface area contributed by atoms with Gasteiger partial charge in [0, 0.05) is 16.8 Å². The number of rotatable bonds is 8. The molecule has 0 amide bonds. The van der Waals surface area contributed by atoms with Gasteiger partial charge in [0.25, 0.3) is 0 Å². The minimum Gasteiger partial charge on any atom is -0.301 e. The van der Waals surface area contributed by atoms with Gasteiger partial charge in [-0.25, -0.2) is 8.42 Å². The highest BCUT2D eigenvalue weighted by Crippen LogP contribution is 2.24. The summed E-state index contributed by atoms with van der Waals surface area (Å²) in [7, 11) is -3.48. The van der Waals surface area contributed by atoms with Gasteiger partial charge in [0.2, 0.25) is 0 Å². The van der Waals surface area contributed by atoms with Crippen molar-refractivity contribution < 1.29 is 8.42 Å². The molecule has 2 aromatic carbocycles. The van der Waals surface area contributed by atoms with E-state index in [-0.39, 0.29) is 10.6 Å². The predicted octanol–water partition coefficient (Wildman–Crippen LogP) is 4.49. The molecular formula is C19H18BrN3O2S2. The summed E-state index contributed by atoms with van der Waals surface area (Å²) in [5, 5.41) is 9.01. The van der Waals surface area contributed by atoms with E-state index in [1.807, 2.05) is 24.3 Å². The number of thioether (sulfide) groups is 1. The number of benzene rings is 2. The monoisotopic (exact) mass is 463 g/mol. The Bertz CT molecular complexity index is 1020. The molecular weight excluding hydrogens is 446 g/mol. The number of hydrogen-bond acceptors (Lipinski definition) is 5. The van der Waals surface area contributed by atoms with E-state index in [4.69, 9.17) is 0 Å². The fourth-order valence-electron chi connectivity index (χ4n) is 2.45. The van der Waals surface area contributed by atoms with Crippen molar-refractivity contribution in [3.05, 3.63) is 83.1 Å². The molecule has 0 aliphatic rings. The van der Waals surface area contributed by atoms with Crippen LogP contribution in [0.25, 0.3) is 0 Å². The zero-order chi connectivity index (χ0) is 19.3. The summed E-state index contributed by atoms with van der Waals surface area (Å²) in [6.07, 6.45) is 1.71. The lowest BCUT2D eigenvalue weighted by atomic mass is 10.2. The van der Waals surface area contributed by atoms with Crippen LogP contribution >= 0.6 is 27.7 Å². The molecule has 0 N–H and O–H groups in total. The van der Waals surface area contributed by atoms with Crippen LogP contribution in [0.1, 0.15) is 11.4 Å². The van der Waals surface area contributed by atoms with Crippen LogP contribution < -0.4 is 0 Å². The maximum atomic E-state index is 12.7. The quantitative estimate of drug-likeness (QED) is 0.363. The number of allylic oxidation sites excluding steroid dienone is 1. The third-order valence-corrected chi connectivity index (χ3v) is 7.00. The molecule has 0 aliphatic heterocycles. The maximum absolute atomic E-state index is 12.7. The van der Waals surface area contributed by atoms with Crippen LogP contribution in [0.2, 0.25) is 0 Å². The number of hydrogen-bond donors (Lipinski definition) is 0. The van der Waals surface area contributed by atoms with Gasteiger partial charge in [-0.2, -0.15) is 0 Å². The van der Waals surface area contributed by atoms with Gasteiger partial charge in [0.1, 0.15) is 11.6 Å². The standard InChI is InChI=1S/C19H18BrN3O2S2/c1-2-12-23-18(14-27(24,25)17-6-4-3-5-7-17)21-22-19(23)26-13-15-8-10-16(20)11-9-15/h2-11H,1,12-14H2. The summed E-state index contributed by atoms with van der Waals surface area (Å²) in [5.41, 5.74) is 1.15. The number of halogens is 1. The molecule has 0 spiro atoms. The Kier molecular flexibility index (Phi) is 6.51. The van der Waals surface area contributed by atoms with Gasteiger partial charge in [0.15, 0.2) is 15.0 Å². The number of sulfone groups is 1. The van der Waals surface area contributed by atoms with E-state index in [9.17, 15) is 8.42 Å². The molecule has 0 bridgehead atoms. The minimum absolute atomic E-state index is 0.198. The topological polar surface area (TPSA) is 64.8 Å². The normalized spacial score (nSPS) is 11.4. The van der Waals surface area contributed by atoms with E-state index in [0.29, 0.717) is 23.3 Å². The van der Waals surface area contributed by atoms with E-state index < -0.39 is 9.84 Å². The summed E-state index contributed by atoms with van der Waals surface area (Å²) in [4.78, 5) is 0.280. The van der Waals surface area contributed by atoms with E-state index in [1.54, 1.807) is 41.0 Å². The summed E-state index contributed by atoms with van der Waals surface area (Å²) in [6, 6.07) is 16.4. The fraction of sp³-hybridized carbons (Fsp3) is 0.158. The Morgan fingerprint density at radius 3 is 2.44 bits per heavy atom. The van der Waals surface area contributed by atoms with E-state index >= 15 is 0 Å². The van der Waals surface area contributed by atoms with Gasteiger partial charge in [-0.1, -0.05) is 64.1 Å². The van der Waals surface area contributed by atoms with Crippen molar-refractivity contribution >= 4 is 37.5 Å². The molecule has 27 heavy (non-hydrogen) atoms. The maximum Gasteiger partial charge on any atom is 0.191 e. The average Bonchev–Trinajstić information content (AvgIpc) is 3.03. The van der Waals surface area contributed by atoms with Crippen LogP contribution in [-0.2, 0) is 27.9 Å².